The number of aliphatic hydroxyl groups excluding tert-OH is 2. The zero-order valence-electron chi connectivity index (χ0n) is 13.5. The van der Waals surface area contributed by atoms with Gasteiger partial charge < -0.3 is 25.0 Å². The van der Waals surface area contributed by atoms with Crippen molar-refractivity contribution in [2.24, 2.45) is 0 Å². The molecule has 1 aromatic rings. The molecule has 0 heterocycles. The molecule has 0 fully saturated rings. The highest BCUT2D eigenvalue weighted by Crippen LogP contribution is 2.28. The van der Waals surface area contributed by atoms with Gasteiger partial charge >= 0.3 is 0 Å². The van der Waals surface area contributed by atoms with Crippen LogP contribution in [0.25, 0.3) is 0 Å². The second-order valence-corrected chi connectivity index (χ2v) is 5.81. The lowest BCUT2D eigenvalue weighted by atomic mass is 10.1. The Labute approximate surface area is 131 Å². The Morgan fingerprint density at radius 1 is 1.36 bits per heavy atom. The quantitative estimate of drug-likeness (QED) is 0.590. The summed E-state index contributed by atoms with van der Waals surface area (Å²) in [4.78, 5) is 11.3. The number of methoxy groups -OCH3 is 1. The largest absolute Gasteiger partial charge is 0.493 e. The van der Waals surface area contributed by atoms with E-state index in [-0.39, 0.29) is 19.0 Å². The molecule has 0 amide bonds. The van der Waals surface area contributed by atoms with E-state index in [1.165, 1.54) is 14.0 Å². The van der Waals surface area contributed by atoms with Gasteiger partial charge in [-0.1, -0.05) is 0 Å². The molecule has 0 bridgehead atoms. The van der Waals surface area contributed by atoms with Crippen LogP contribution in [-0.4, -0.2) is 54.5 Å². The maximum absolute atomic E-state index is 11.3. The summed E-state index contributed by atoms with van der Waals surface area (Å²) in [6.45, 7) is 5.49. The van der Waals surface area contributed by atoms with Crippen molar-refractivity contribution >= 4 is 5.78 Å². The zero-order valence-corrected chi connectivity index (χ0v) is 13.5. The van der Waals surface area contributed by atoms with Gasteiger partial charge in [0.25, 0.3) is 0 Å². The third-order valence-corrected chi connectivity index (χ3v) is 3.21. The SMILES string of the molecule is COc1cc(C(C)=O)ccc1OCC(O)CNC(C)(C)CO. The summed E-state index contributed by atoms with van der Waals surface area (Å²) < 4.78 is 10.7. The first kappa shape index (κ1) is 18.4. The number of Topliss-reactive ketones (excluding diaryl/α,β-unsaturated/α-hetero) is 1. The van der Waals surface area contributed by atoms with Crippen LogP contribution in [0.3, 0.4) is 0 Å². The Hall–Kier alpha value is -1.63. The predicted molar refractivity (Wildman–Crippen MR) is 83.7 cm³/mol. The van der Waals surface area contributed by atoms with E-state index in [1.807, 2.05) is 13.8 Å². The number of benzene rings is 1. The van der Waals surface area contributed by atoms with E-state index in [0.29, 0.717) is 23.6 Å². The highest BCUT2D eigenvalue weighted by molar-refractivity contribution is 5.94. The normalized spacial score (nSPS) is 12.8. The number of hydrogen-bond donors (Lipinski definition) is 3. The summed E-state index contributed by atoms with van der Waals surface area (Å²) in [7, 11) is 1.49. The molecule has 0 saturated heterocycles. The first-order valence-electron chi connectivity index (χ1n) is 7.15. The molecule has 124 valence electrons. The number of ether oxygens (including phenoxy) is 2. The van der Waals surface area contributed by atoms with E-state index in [4.69, 9.17) is 14.6 Å². The summed E-state index contributed by atoms with van der Waals surface area (Å²) in [5.41, 5.74) is 0.0815. The van der Waals surface area contributed by atoms with Crippen LogP contribution in [-0.2, 0) is 0 Å². The molecule has 0 spiro atoms. The molecular weight excluding hydrogens is 286 g/mol. The fourth-order valence-electron chi connectivity index (χ4n) is 1.70. The lowest BCUT2D eigenvalue weighted by Gasteiger charge is -2.25. The van der Waals surface area contributed by atoms with Crippen molar-refractivity contribution in [2.75, 3.05) is 26.9 Å². The maximum atomic E-state index is 11.3. The maximum Gasteiger partial charge on any atom is 0.161 e. The van der Waals surface area contributed by atoms with Gasteiger partial charge in [-0.25, -0.2) is 0 Å². The van der Waals surface area contributed by atoms with E-state index in [1.54, 1.807) is 18.2 Å². The summed E-state index contributed by atoms with van der Waals surface area (Å²) in [5.74, 6) is 0.858. The Morgan fingerprint density at radius 2 is 2.05 bits per heavy atom. The molecule has 6 heteroatoms. The van der Waals surface area contributed by atoms with Crippen LogP contribution in [0.4, 0.5) is 0 Å². The number of hydrogen-bond acceptors (Lipinski definition) is 6. The molecule has 0 aliphatic rings. The van der Waals surface area contributed by atoms with Crippen molar-refractivity contribution in [3.05, 3.63) is 23.8 Å². The first-order chi connectivity index (χ1) is 10.3. The number of aliphatic hydroxyl groups is 2. The highest BCUT2D eigenvalue weighted by atomic mass is 16.5. The van der Waals surface area contributed by atoms with Crippen molar-refractivity contribution in [2.45, 2.75) is 32.4 Å². The number of carbonyl (C=O) groups excluding carboxylic acids is 1. The van der Waals surface area contributed by atoms with E-state index in [0.717, 1.165) is 0 Å². The molecule has 0 saturated carbocycles. The van der Waals surface area contributed by atoms with Gasteiger partial charge in [0.2, 0.25) is 0 Å². The lowest BCUT2D eigenvalue weighted by molar-refractivity contribution is 0.0893. The van der Waals surface area contributed by atoms with Crippen molar-refractivity contribution in [1.82, 2.24) is 5.32 Å². The van der Waals surface area contributed by atoms with Crippen LogP contribution in [0.2, 0.25) is 0 Å². The van der Waals surface area contributed by atoms with E-state index in [2.05, 4.69) is 5.32 Å². The Morgan fingerprint density at radius 3 is 2.59 bits per heavy atom. The van der Waals surface area contributed by atoms with Crippen molar-refractivity contribution in [3.8, 4) is 11.5 Å². The third kappa shape index (κ3) is 5.63. The molecule has 6 nitrogen and oxygen atoms in total. The second-order valence-electron chi connectivity index (χ2n) is 5.81. The van der Waals surface area contributed by atoms with E-state index in [9.17, 15) is 9.90 Å². The van der Waals surface area contributed by atoms with Gasteiger partial charge in [0.15, 0.2) is 17.3 Å². The molecule has 0 aliphatic carbocycles. The fourth-order valence-corrected chi connectivity index (χ4v) is 1.70. The van der Waals surface area contributed by atoms with Crippen molar-refractivity contribution in [1.29, 1.82) is 0 Å². The standard InChI is InChI=1S/C16H25NO5/c1-11(19)12-5-6-14(15(7-12)21-4)22-9-13(20)8-17-16(2,3)10-18/h5-7,13,17-18,20H,8-10H2,1-4H3. The summed E-state index contributed by atoms with van der Waals surface area (Å²) >= 11 is 0. The molecule has 1 atom stereocenters. The topological polar surface area (TPSA) is 88.0 Å². The number of nitrogens with one attached hydrogen (secondary N) is 1. The number of carbonyl (C=O) groups is 1. The van der Waals surface area contributed by atoms with Crippen LogP contribution in [0.5, 0.6) is 11.5 Å². The van der Waals surface area contributed by atoms with Crippen molar-refractivity contribution in [3.63, 3.8) is 0 Å². The van der Waals surface area contributed by atoms with Crippen LogP contribution < -0.4 is 14.8 Å². The second kappa shape index (κ2) is 8.12. The van der Waals surface area contributed by atoms with E-state index >= 15 is 0 Å². The minimum Gasteiger partial charge on any atom is -0.493 e. The number of rotatable bonds is 9. The average Bonchev–Trinajstić information content (AvgIpc) is 2.50. The molecule has 3 N–H and O–H groups in total. The smallest absolute Gasteiger partial charge is 0.161 e. The molecule has 0 aromatic heterocycles. The van der Waals surface area contributed by atoms with Crippen LogP contribution in [0.1, 0.15) is 31.1 Å². The van der Waals surface area contributed by atoms with E-state index < -0.39 is 11.6 Å². The van der Waals surface area contributed by atoms with Crippen LogP contribution in [0, 0.1) is 0 Å². The minimum absolute atomic E-state index is 0.0269. The van der Waals surface area contributed by atoms with Crippen LogP contribution >= 0.6 is 0 Å². The Kier molecular flexibility index (Phi) is 6.80. The Bertz CT molecular complexity index is 501. The summed E-state index contributed by atoms with van der Waals surface area (Å²) in [6.07, 6.45) is -0.733. The molecule has 1 unspecified atom stereocenters. The number of ketones is 1. The molecule has 22 heavy (non-hydrogen) atoms. The van der Waals surface area contributed by atoms with Gasteiger partial charge in [-0.05, 0) is 39.0 Å². The van der Waals surface area contributed by atoms with Gasteiger partial charge in [0.1, 0.15) is 12.7 Å². The van der Waals surface area contributed by atoms with Crippen molar-refractivity contribution < 1.29 is 24.5 Å². The number of β-amino-alcohol motifs (C(OH)–C–C–N with tert-alkyl or cyclic N) is 1. The fraction of sp³-hybridized carbons (Fsp3) is 0.562. The predicted octanol–water partition coefficient (Wildman–Crippen LogP) is 0.998. The lowest BCUT2D eigenvalue weighted by Crippen LogP contribution is -2.47. The highest BCUT2D eigenvalue weighted by Gasteiger charge is 2.17. The van der Waals surface area contributed by atoms with Gasteiger partial charge in [0.05, 0.1) is 13.7 Å². The summed E-state index contributed by atoms with van der Waals surface area (Å²) in [6, 6.07) is 4.91. The van der Waals surface area contributed by atoms with Gasteiger partial charge in [-0.15, -0.1) is 0 Å². The molecular formula is C16H25NO5. The Balaban J connectivity index is 2.58. The van der Waals surface area contributed by atoms with Gasteiger partial charge in [0, 0.05) is 17.6 Å². The third-order valence-electron chi connectivity index (χ3n) is 3.21. The molecule has 1 rings (SSSR count). The molecule has 1 aromatic carbocycles. The van der Waals surface area contributed by atoms with Gasteiger partial charge in [-0.2, -0.15) is 0 Å². The zero-order chi connectivity index (χ0) is 16.8. The van der Waals surface area contributed by atoms with Crippen LogP contribution in [0.15, 0.2) is 18.2 Å². The average molecular weight is 311 g/mol. The summed E-state index contributed by atoms with van der Waals surface area (Å²) in [5, 5.41) is 22.1. The monoisotopic (exact) mass is 311 g/mol. The first-order valence-corrected chi connectivity index (χ1v) is 7.15. The minimum atomic E-state index is -0.733. The van der Waals surface area contributed by atoms with Gasteiger partial charge in [-0.3, -0.25) is 4.79 Å². The molecule has 0 radical (unpaired) electrons. The molecule has 0 aliphatic heterocycles.